The molecule has 4 nitrogen and oxygen atoms in total. The molecule has 1 aliphatic rings. The van der Waals surface area contributed by atoms with E-state index >= 15 is 0 Å². The summed E-state index contributed by atoms with van der Waals surface area (Å²) in [6.07, 6.45) is 2.34. The molecule has 0 amide bonds. The van der Waals surface area contributed by atoms with Crippen LogP contribution in [0.15, 0.2) is 29.3 Å². The zero-order valence-corrected chi connectivity index (χ0v) is 13.9. The van der Waals surface area contributed by atoms with E-state index in [2.05, 4.69) is 4.57 Å². The summed E-state index contributed by atoms with van der Waals surface area (Å²) < 4.78 is 7.67. The first-order valence-corrected chi connectivity index (χ1v) is 8.42. The minimum absolute atomic E-state index is 0.116. The van der Waals surface area contributed by atoms with Crippen LogP contribution in [0.25, 0.3) is 0 Å². The lowest BCUT2D eigenvalue weighted by Crippen LogP contribution is -2.14. The SMILES string of the molecule is CCOc1ccc(N=c2sc(C(C)=O)c(C)n2C2CC2)cc1. The highest BCUT2D eigenvalue weighted by Gasteiger charge is 2.28. The Morgan fingerprint density at radius 2 is 2.05 bits per heavy atom. The van der Waals surface area contributed by atoms with Crippen molar-refractivity contribution in [2.75, 3.05) is 6.61 Å². The number of ether oxygens (including phenoxy) is 1. The quantitative estimate of drug-likeness (QED) is 0.782. The van der Waals surface area contributed by atoms with Gasteiger partial charge < -0.3 is 9.30 Å². The van der Waals surface area contributed by atoms with Crippen LogP contribution in [0.4, 0.5) is 5.69 Å². The van der Waals surface area contributed by atoms with E-state index in [4.69, 9.17) is 9.73 Å². The van der Waals surface area contributed by atoms with E-state index in [1.54, 1.807) is 6.92 Å². The van der Waals surface area contributed by atoms with Gasteiger partial charge in [0.25, 0.3) is 0 Å². The van der Waals surface area contributed by atoms with Gasteiger partial charge in [-0.15, -0.1) is 0 Å². The van der Waals surface area contributed by atoms with Crippen molar-refractivity contribution < 1.29 is 9.53 Å². The monoisotopic (exact) mass is 316 g/mol. The minimum Gasteiger partial charge on any atom is -0.494 e. The van der Waals surface area contributed by atoms with E-state index in [1.807, 2.05) is 38.1 Å². The summed E-state index contributed by atoms with van der Waals surface area (Å²) in [5.74, 6) is 0.966. The lowest BCUT2D eigenvalue weighted by Gasteiger charge is -2.04. The van der Waals surface area contributed by atoms with Crippen molar-refractivity contribution in [3.63, 3.8) is 0 Å². The highest BCUT2D eigenvalue weighted by Crippen LogP contribution is 2.36. The fraction of sp³-hybridized carbons (Fsp3) is 0.412. The summed E-state index contributed by atoms with van der Waals surface area (Å²) in [5.41, 5.74) is 1.93. The number of carbonyl (C=O) groups is 1. The van der Waals surface area contributed by atoms with Crippen molar-refractivity contribution in [1.29, 1.82) is 0 Å². The summed E-state index contributed by atoms with van der Waals surface area (Å²) in [6.45, 7) is 6.26. The van der Waals surface area contributed by atoms with Crippen LogP contribution < -0.4 is 9.54 Å². The Morgan fingerprint density at radius 3 is 2.59 bits per heavy atom. The van der Waals surface area contributed by atoms with Crippen LogP contribution >= 0.6 is 11.3 Å². The van der Waals surface area contributed by atoms with Crippen LogP contribution in [0.1, 0.15) is 48.1 Å². The molecule has 3 rings (SSSR count). The molecule has 0 radical (unpaired) electrons. The van der Waals surface area contributed by atoms with Crippen LogP contribution in [0.5, 0.6) is 5.75 Å². The Bertz CT molecular complexity index is 752. The van der Waals surface area contributed by atoms with E-state index in [1.165, 1.54) is 24.2 Å². The van der Waals surface area contributed by atoms with Crippen LogP contribution in [0, 0.1) is 6.92 Å². The molecule has 0 bridgehead atoms. The number of ketones is 1. The Hall–Kier alpha value is -1.88. The van der Waals surface area contributed by atoms with E-state index in [9.17, 15) is 4.79 Å². The summed E-state index contributed by atoms with van der Waals surface area (Å²) in [6, 6.07) is 8.26. The topological polar surface area (TPSA) is 43.6 Å². The lowest BCUT2D eigenvalue weighted by molar-refractivity contribution is 0.102. The van der Waals surface area contributed by atoms with Crippen molar-refractivity contribution in [2.24, 2.45) is 4.99 Å². The van der Waals surface area contributed by atoms with Crippen molar-refractivity contribution >= 4 is 22.8 Å². The first-order valence-electron chi connectivity index (χ1n) is 7.60. The van der Waals surface area contributed by atoms with E-state index < -0.39 is 0 Å². The summed E-state index contributed by atoms with van der Waals surface area (Å²) in [7, 11) is 0. The predicted octanol–water partition coefficient (Wildman–Crippen LogP) is 4.03. The number of thiazole rings is 1. The van der Waals surface area contributed by atoms with Gasteiger partial charge in [-0.3, -0.25) is 4.79 Å². The highest BCUT2D eigenvalue weighted by molar-refractivity contribution is 7.11. The normalized spacial score (nSPS) is 15.1. The molecular weight excluding hydrogens is 296 g/mol. The molecule has 0 saturated heterocycles. The zero-order valence-electron chi connectivity index (χ0n) is 13.1. The predicted molar refractivity (Wildman–Crippen MR) is 88.2 cm³/mol. The molecule has 0 N–H and O–H groups in total. The molecule has 1 aliphatic carbocycles. The second-order valence-electron chi connectivity index (χ2n) is 5.50. The van der Waals surface area contributed by atoms with Crippen molar-refractivity contribution in [3.05, 3.63) is 39.6 Å². The largest absolute Gasteiger partial charge is 0.494 e. The molecule has 1 fully saturated rings. The third-order valence-electron chi connectivity index (χ3n) is 3.69. The highest BCUT2D eigenvalue weighted by atomic mass is 32.1. The maximum absolute atomic E-state index is 11.8. The summed E-state index contributed by atoms with van der Waals surface area (Å²) in [4.78, 5) is 18.3. The molecule has 0 atom stereocenters. The second kappa shape index (κ2) is 6.08. The van der Waals surface area contributed by atoms with Gasteiger partial charge >= 0.3 is 0 Å². The van der Waals surface area contributed by atoms with Crippen LogP contribution in [0.2, 0.25) is 0 Å². The van der Waals surface area contributed by atoms with E-state index in [0.717, 1.165) is 26.8 Å². The van der Waals surface area contributed by atoms with Gasteiger partial charge in [0.2, 0.25) is 0 Å². The fourth-order valence-electron chi connectivity index (χ4n) is 2.53. The van der Waals surface area contributed by atoms with Crippen molar-refractivity contribution in [3.8, 4) is 5.75 Å². The van der Waals surface area contributed by atoms with Gasteiger partial charge in [0, 0.05) is 18.7 Å². The Kier molecular flexibility index (Phi) is 4.16. The number of hydrogen-bond donors (Lipinski definition) is 0. The Morgan fingerprint density at radius 1 is 1.36 bits per heavy atom. The molecule has 0 spiro atoms. The van der Waals surface area contributed by atoms with Gasteiger partial charge in [0.15, 0.2) is 10.6 Å². The third kappa shape index (κ3) is 2.99. The van der Waals surface area contributed by atoms with Crippen molar-refractivity contribution in [2.45, 2.75) is 39.7 Å². The maximum atomic E-state index is 11.8. The molecule has 1 aromatic carbocycles. The minimum atomic E-state index is 0.116. The fourth-order valence-corrected chi connectivity index (χ4v) is 3.64. The molecule has 5 heteroatoms. The zero-order chi connectivity index (χ0) is 15.7. The van der Waals surface area contributed by atoms with Gasteiger partial charge in [0.1, 0.15) is 5.75 Å². The standard InChI is InChI=1S/C17H20N2O2S/c1-4-21-15-9-5-13(6-10-15)18-17-19(14-7-8-14)11(2)16(22-17)12(3)20/h5-6,9-10,14H,4,7-8H2,1-3H3. The number of nitrogens with zero attached hydrogens (tertiary/aromatic N) is 2. The lowest BCUT2D eigenvalue weighted by atomic mass is 10.3. The average molecular weight is 316 g/mol. The second-order valence-corrected chi connectivity index (χ2v) is 6.47. The number of rotatable bonds is 5. The molecule has 1 aromatic heterocycles. The van der Waals surface area contributed by atoms with Crippen LogP contribution in [0.3, 0.4) is 0 Å². The molecule has 0 unspecified atom stereocenters. The van der Waals surface area contributed by atoms with E-state index in [0.29, 0.717) is 12.6 Å². The molecule has 0 aliphatic heterocycles. The first-order chi connectivity index (χ1) is 10.6. The number of carbonyl (C=O) groups excluding carboxylic acids is 1. The van der Waals surface area contributed by atoms with Crippen molar-refractivity contribution in [1.82, 2.24) is 4.57 Å². The molecule has 2 aromatic rings. The maximum Gasteiger partial charge on any atom is 0.191 e. The Balaban J connectivity index is 2.02. The molecular formula is C17H20N2O2S. The summed E-state index contributed by atoms with van der Waals surface area (Å²) in [5, 5.41) is 0. The van der Waals surface area contributed by atoms with Gasteiger partial charge in [-0.1, -0.05) is 11.3 Å². The molecule has 1 saturated carbocycles. The number of aromatic nitrogens is 1. The summed E-state index contributed by atoms with van der Waals surface area (Å²) >= 11 is 1.49. The third-order valence-corrected chi connectivity index (χ3v) is 4.95. The number of hydrogen-bond acceptors (Lipinski definition) is 4. The molecule has 22 heavy (non-hydrogen) atoms. The smallest absolute Gasteiger partial charge is 0.191 e. The van der Waals surface area contributed by atoms with E-state index in [-0.39, 0.29) is 5.78 Å². The van der Waals surface area contributed by atoms with Crippen LogP contribution in [-0.2, 0) is 0 Å². The number of Topliss-reactive ketones (excluding diaryl/α,β-unsaturated/α-hetero) is 1. The first kappa shape index (κ1) is 15.0. The molecule has 1 heterocycles. The van der Waals surface area contributed by atoms with Gasteiger partial charge in [0.05, 0.1) is 17.2 Å². The molecule has 116 valence electrons. The van der Waals surface area contributed by atoms with Crippen LogP contribution in [-0.4, -0.2) is 17.0 Å². The van der Waals surface area contributed by atoms with Gasteiger partial charge in [-0.05, 0) is 51.0 Å². The number of benzene rings is 1. The average Bonchev–Trinajstić information content (AvgIpc) is 3.26. The Labute approximate surface area is 134 Å². The van der Waals surface area contributed by atoms with Gasteiger partial charge in [-0.2, -0.15) is 0 Å². The van der Waals surface area contributed by atoms with Gasteiger partial charge in [-0.25, -0.2) is 4.99 Å².